The highest BCUT2D eigenvalue weighted by atomic mass is 35.5. The minimum atomic E-state index is -0.104. The van der Waals surface area contributed by atoms with Crippen LogP contribution in [0.3, 0.4) is 0 Å². The average Bonchev–Trinajstić information content (AvgIpc) is 3.05. The van der Waals surface area contributed by atoms with Gasteiger partial charge >= 0.3 is 0 Å². The van der Waals surface area contributed by atoms with E-state index in [0.717, 1.165) is 24.9 Å². The number of thiocarbonyl (C=S) groups is 1. The molecule has 27 heavy (non-hydrogen) atoms. The maximum absolute atomic E-state index is 11.9. The monoisotopic (exact) mass is 401 g/mol. The molecule has 0 radical (unpaired) electrons. The Hall–Kier alpha value is -2.51. The number of anilines is 1. The van der Waals surface area contributed by atoms with Gasteiger partial charge in [0.15, 0.2) is 5.11 Å². The Bertz CT molecular complexity index is 957. The van der Waals surface area contributed by atoms with E-state index in [4.69, 9.17) is 23.8 Å². The summed E-state index contributed by atoms with van der Waals surface area (Å²) in [6, 6.07) is 13.1. The topological polar surface area (TPSA) is 71.8 Å². The summed E-state index contributed by atoms with van der Waals surface area (Å²) in [4.78, 5) is 13.4. The third-order valence-electron chi connectivity index (χ3n) is 3.96. The molecule has 8 heteroatoms. The molecule has 140 valence electrons. The molecule has 0 aliphatic heterocycles. The van der Waals surface area contributed by atoms with E-state index in [0.29, 0.717) is 28.2 Å². The van der Waals surface area contributed by atoms with Crippen LogP contribution in [0.2, 0.25) is 5.02 Å². The Morgan fingerprint density at radius 3 is 2.56 bits per heavy atom. The molecule has 0 bridgehead atoms. The van der Waals surface area contributed by atoms with Crippen molar-refractivity contribution >= 4 is 51.6 Å². The second-order valence-electron chi connectivity index (χ2n) is 6.11. The first-order chi connectivity index (χ1) is 13.1. The lowest BCUT2D eigenvalue weighted by molar-refractivity contribution is -0.119. The minimum absolute atomic E-state index is 0.104. The van der Waals surface area contributed by atoms with Gasteiger partial charge in [-0.15, -0.1) is 10.2 Å². The Morgan fingerprint density at radius 2 is 1.85 bits per heavy atom. The number of fused-ring (bicyclic) bond motifs is 1. The molecule has 2 N–H and O–H groups in total. The van der Waals surface area contributed by atoms with E-state index in [9.17, 15) is 4.79 Å². The van der Waals surface area contributed by atoms with Crippen LogP contribution in [-0.4, -0.2) is 26.0 Å². The van der Waals surface area contributed by atoms with Crippen molar-refractivity contribution in [3.8, 4) is 5.69 Å². The summed E-state index contributed by atoms with van der Waals surface area (Å²) >= 11 is 11.5. The summed E-state index contributed by atoms with van der Waals surface area (Å²) in [6.45, 7) is 2.09. The number of hydrogen-bond donors (Lipinski definition) is 2. The largest absolute Gasteiger partial charge is 0.331 e. The van der Waals surface area contributed by atoms with Crippen LogP contribution in [0.25, 0.3) is 16.7 Å². The number of nitrogens with one attached hydrogen (secondary N) is 2. The quantitative estimate of drug-likeness (QED) is 0.471. The summed E-state index contributed by atoms with van der Waals surface area (Å²) in [6.07, 6.45) is 3.39. The van der Waals surface area contributed by atoms with E-state index < -0.39 is 0 Å². The van der Waals surface area contributed by atoms with Gasteiger partial charge in [0.2, 0.25) is 5.91 Å². The lowest BCUT2D eigenvalue weighted by Crippen LogP contribution is -2.34. The first-order valence-electron chi connectivity index (χ1n) is 8.79. The van der Waals surface area contributed by atoms with Crippen molar-refractivity contribution in [3.63, 3.8) is 0 Å². The lowest BCUT2D eigenvalue weighted by Gasteiger charge is -2.10. The van der Waals surface area contributed by atoms with Gasteiger partial charge < -0.3 is 10.6 Å². The summed E-state index contributed by atoms with van der Waals surface area (Å²) in [5.41, 5.74) is 2.77. The molecule has 1 aromatic heterocycles. The molecule has 6 nitrogen and oxygen atoms in total. The van der Waals surface area contributed by atoms with E-state index in [2.05, 4.69) is 27.8 Å². The molecule has 0 spiro atoms. The number of aromatic nitrogens is 3. The zero-order valence-corrected chi connectivity index (χ0v) is 16.5. The maximum Gasteiger partial charge on any atom is 0.226 e. The standard InChI is InChI=1S/C19H20ClN5OS/c1-2-3-5-10-18(26)22-19(27)21-15-12-17-16(11-14(15)20)23-25(24-17)13-8-6-4-7-9-13/h4,6-9,11-12H,2-3,5,10H2,1H3,(H2,21,22,26,27). The van der Waals surface area contributed by atoms with Gasteiger partial charge in [-0.2, -0.15) is 4.80 Å². The van der Waals surface area contributed by atoms with E-state index in [1.807, 2.05) is 30.3 Å². The molecule has 0 saturated heterocycles. The van der Waals surface area contributed by atoms with Gasteiger partial charge in [-0.3, -0.25) is 4.79 Å². The number of rotatable bonds is 6. The fourth-order valence-corrected chi connectivity index (χ4v) is 3.02. The fourth-order valence-electron chi connectivity index (χ4n) is 2.59. The minimum Gasteiger partial charge on any atom is -0.331 e. The molecular formula is C19H20ClN5OS. The number of nitrogens with zero attached hydrogens (tertiary/aromatic N) is 3. The zero-order valence-electron chi connectivity index (χ0n) is 14.9. The van der Waals surface area contributed by atoms with E-state index >= 15 is 0 Å². The third-order valence-corrected chi connectivity index (χ3v) is 4.48. The van der Waals surface area contributed by atoms with Crippen LogP contribution in [0, 0.1) is 0 Å². The molecule has 3 aromatic rings. The van der Waals surface area contributed by atoms with Crippen LogP contribution in [0.1, 0.15) is 32.6 Å². The molecular weight excluding hydrogens is 382 g/mol. The fraction of sp³-hybridized carbons (Fsp3) is 0.263. The van der Waals surface area contributed by atoms with Crippen molar-refractivity contribution in [1.82, 2.24) is 20.3 Å². The Labute approximate surface area is 167 Å². The van der Waals surface area contributed by atoms with E-state index in [-0.39, 0.29) is 11.0 Å². The van der Waals surface area contributed by atoms with Crippen molar-refractivity contribution in [2.75, 3.05) is 5.32 Å². The molecule has 0 unspecified atom stereocenters. The predicted octanol–water partition coefficient (Wildman–Crippen LogP) is 4.47. The molecule has 2 aromatic carbocycles. The number of amides is 1. The Kier molecular flexibility index (Phi) is 6.36. The summed E-state index contributed by atoms with van der Waals surface area (Å²) < 4.78 is 0. The van der Waals surface area contributed by atoms with Gasteiger partial charge in [0.25, 0.3) is 0 Å². The second kappa shape index (κ2) is 8.92. The van der Waals surface area contributed by atoms with Crippen LogP contribution < -0.4 is 10.6 Å². The summed E-state index contributed by atoms with van der Waals surface area (Å²) in [7, 11) is 0. The highest BCUT2D eigenvalue weighted by Gasteiger charge is 2.11. The van der Waals surface area contributed by atoms with Crippen molar-refractivity contribution in [3.05, 3.63) is 47.5 Å². The highest BCUT2D eigenvalue weighted by molar-refractivity contribution is 7.80. The number of carbonyl (C=O) groups is 1. The van der Waals surface area contributed by atoms with E-state index in [1.165, 1.54) is 0 Å². The van der Waals surface area contributed by atoms with Crippen molar-refractivity contribution < 1.29 is 4.79 Å². The van der Waals surface area contributed by atoms with Gasteiger partial charge in [-0.1, -0.05) is 49.6 Å². The predicted molar refractivity (Wildman–Crippen MR) is 112 cm³/mol. The lowest BCUT2D eigenvalue weighted by atomic mass is 10.2. The third kappa shape index (κ3) is 5.02. The first-order valence-corrected chi connectivity index (χ1v) is 9.58. The molecule has 0 atom stereocenters. The number of unbranched alkanes of at least 4 members (excludes halogenated alkanes) is 2. The van der Waals surface area contributed by atoms with Gasteiger partial charge in [-0.05, 0) is 42.9 Å². The molecule has 0 aliphatic rings. The van der Waals surface area contributed by atoms with Gasteiger partial charge in [0.05, 0.1) is 16.4 Å². The van der Waals surface area contributed by atoms with Crippen LogP contribution in [-0.2, 0) is 4.79 Å². The van der Waals surface area contributed by atoms with Crippen LogP contribution >= 0.6 is 23.8 Å². The average molecular weight is 402 g/mol. The number of hydrogen-bond acceptors (Lipinski definition) is 4. The number of benzene rings is 2. The summed E-state index contributed by atoms with van der Waals surface area (Å²) in [5, 5.41) is 15.2. The van der Waals surface area contributed by atoms with Crippen molar-refractivity contribution in [1.29, 1.82) is 0 Å². The maximum atomic E-state index is 11.9. The van der Waals surface area contributed by atoms with Gasteiger partial charge in [0, 0.05) is 6.42 Å². The number of para-hydroxylation sites is 1. The molecule has 1 amide bonds. The SMILES string of the molecule is CCCCCC(=O)NC(=S)Nc1cc2nn(-c3ccccc3)nc2cc1Cl. The molecule has 0 saturated carbocycles. The smallest absolute Gasteiger partial charge is 0.226 e. The van der Waals surface area contributed by atoms with Gasteiger partial charge in [-0.25, -0.2) is 0 Å². The highest BCUT2D eigenvalue weighted by Crippen LogP contribution is 2.27. The summed E-state index contributed by atoms with van der Waals surface area (Å²) in [5.74, 6) is -0.104. The molecule has 0 fully saturated rings. The normalized spacial score (nSPS) is 10.7. The zero-order chi connectivity index (χ0) is 19.2. The Balaban J connectivity index is 1.72. The molecule has 1 heterocycles. The van der Waals surface area contributed by atoms with Crippen molar-refractivity contribution in [2.45, 2.75) is 32.6 Å². The molecule has 3 rings (SSSR count). The van der Waals surface area contributed by atoms with Crippen molar-refractivity contribution in [2.24, 2.45) is 0 Å². The Morgan fingerprint density at radius 1 is 1.15 bits per heavy atom. The number of carbonyl (C=O) groups excluding carboxylic acids is 1. The second-order valence-corrected chi connectivity index (χ2v) is 6.92. The van der Waals surface area contributed by atoms with Crippen LogP contribution in [0.4, 0.5) is 5.69 Å². The first kappa shape index (κ1) is 19.3. The number of halogens is 1. The van der Waals surface area contributed by atoms with E-state index in [1.54, 1.807) is 16.9 Å². The van der Waals surface area contributed by atoms with Crippen LogP contribution in [0.15, 0.2) is 42.5 Å². The molecule has 0 aliphatic carbocycles. The van der Waals surface area contributed by atoms with Crippen LogP contribution in [0.5, 0.6) is 0 Å². The van der Waals surface area contributed by atoms with Gasteiger partial charge in [0.1, 0.15) is 11.0 Å².